The van der Waals surface area contributed by atoms with E-state index in [1.165, 1.54) is 31.3 Å². The number of carbonyl (C=O) groups is 1. The van der Waals surface area contributed by atoms with Gasteiger partial charge in [-0.05, 0) is 19.1 Å². The van der Waals surface area contributed by atoms with Gasteiger partial charge in [-0.1, -0.05) is 22.9 Å². The van der Waals surface area contributed by atoms with Crippen LogP contribution in [0.3, 0.4) is 0 Å². The van der Waals surface area contributed by atoms with Gasteiger partial charge in [-0.3, -0.25) is 24.5 Å². The number of H-pyrrole nitrogens is 1. The molecular formula is C20H22BrN3O10. The van der Waals surface area contributed by atoms with Crippen LogP contribution in [0, 0.1) is 17.0 Å². The molecule has 2 heterocycles. The summed E-state index contributed by atoms with van der Waals surface area (Å²) >= 11 is 3.24. The third-order valence-corrected chi connectivity index (χ3v) is 5.75. The lowest BCUT2D eigenvalue weighted by molar-refractivity contribution is -0.385. The Morgan fingerprint density at radius 1 is 1.44 bits per heavy atom. The lowest BCUT2D eigenvalue weighted by Crippen LogP contribution is -2.38. The first-order valence-electron chi connectivity index (χ1n) is 10.1. The minimum atomic E-state index is -1.93. The van der Waals surface area contributed by atoms with Crippen molar-refractivity contribution in [1.29, 1.82) is 0 Å². The fourth-order valence-corrected chi connectivity index (χ4v) is 3.85. The second-order valence-electron chi connectivity index (χ2n) is 7.77. The van der Waals surface area contributed by atoms with E-state index in [0.717, 1.165) is 4.57 Å². The Hall–Kier alpha value is -3.07. The summed E-state index contributed by atoms with van der Waals surface area (Å²) < 4.78 is 16.9. The number of rotatable bonds is 7. The second-order valence-corrected chi connectivity index (χ2v) is 8.68. The van der Waals surface area contributed by atoms with Gasteiger partial charge in [0, 0.05) is 40.2 Å². The molecule has 1 aromatic carbocycles. The number of ether oxygens (including phenoxy) is 3. The molecule has 2 aromatic rings. The van der Waals surface area contributed by atoms with Crippen LogP contribution in [0.4, 0.5) is 10.5 Å². The summed E-state index contributed by atoms with van der Waals surface area (Å²) in [4.78, 5) is 48.4. The van der Waals surface area contributed by atoms with Crippen LogP contribution in [0.25, 0.3) is 0 Å². The molecule has 2 unspecified atom stereocenters. The molecule has 5 atom stereocenters. The highest BCUT2D eigenvalue weighted by Crippen LogP contribution is 2.31. The molecule has 0 radical (unpaired) electrons. The van der Waals surface area contributed by atoms with Crippen molar-refractivity contribution in [2.45, 2.75) is 50.9 Å². The number of halogens is 1. The highest BCUT2D eigenvalue weighted by atomic mass is 79.9. The number of nitrogens with zero attached hydrogens (tertiary/aromatic N) is 2. The largest absolute Gasteiger partial charge is 0.510 e. The first-order chi connectivity index (χ1) is 16.0. The predicted molar refractivity (Wildman–Crippen MR) is 118 cm³/mol. The molecule has 1 aromatic heterocycles. The molecule has 1 aliphatic heterocycles. The van der Waals surface area contributed by atoms with Crippen LogP contribution in [0.1, 0.15) is 36.6 Å². The number of hydrogen-bond acceptors (Lipinski definition) is 10. The lowest BCUT2D eigenvalue weighted by Gasteiger charge is -2.21. The van der Waals surface area contributed by atoms with Gasteiger partial charge in [0.1, 0.15) is 18.9 Å². The van der Waals surface area contributed by atoms with Crippen LogP contribution in [-0.4, -0.2) is 55.9 Å². The molecule has 0 amide bonds. The third-order valence-electron chi connectivity index (χ3n) is 5.26. The van der Waals surface area contributed by atoms with Crippen molar-refractivity contribution in [3.8, 4) is 0 Å². The third kappa shape index (κ3) is 5.70. The molecule has 1 saturated heterocycles. The molecule has 0 aliphatic carbocycles. The first kappa shape index (κ1) is 25.6. The number of nitrogens with one attached hydrogen (secondary N) is 1. The highest BCUT2D eigenvalue weighted by molar-refractivity contribution is 9.10. The highest BCUT2D eigenvalue weighted by Gasteiger charge is 2.42. The number of hydrogen-bond donors (Lipinski definition) is 3. The van der Waals surface area contributed by atoms with Crippen molar-refractivity contribution >= 4 is 27.8 Å². The summed E-state index contributed by atoms with van der Waals surface area (Å²) in [6, 6.07) is 4.38. The van der Waals surface area contributed by atoms with Gasteiger partial charge in [-0.2, -0.15) is 0 Å². The zero-order valence-electron chi connectivity index (χ0n) is 18.0. The van der Waals surface area contributed by atoms with E-state index in [-0.39, 0.29) is 24.3 Å². The molecule has 13 nitrogen and oxygen atoms in total. The smallest absolute Gasteiger partial charge is 0.434 e. The second kappa shape index (κ2) is 10.5. The van der Waals surface area contributed by atoms with E-state index in [9.17, 15) is 34.7 Å². The van der Waals surface area contributed by atoms with Gasteiger partial charge < -0.3 is 24.4 Å². The monoisotopic (exact) mass is 543 g/mol. The minimum absolute atomic E-state index is 0.116. The Morgan fingerprint density at radius 2 is 2.15 bits per heavy atom. The lowest BCUT2D eigenvalue weighted by atomic mass is 10.0. The number of nitro benzene ring substituents is 1. The maximum atomic E-state index is 12.0. The van der Waals surface area contributed by atoms with Crippen molar-refractivity contribution in [3.05, 3.63) is 70.9 Å². The average Bonchev–Trinajstić information content (AvgIpc) is 3.15. The maximum absolute atomic E-state index is 12.0. The molecule has 184 valence electrons. The molecule has 3 rings (SSSR count). The SMILES string of the molecule is Cc1cn([C@H]2C[C@H](O)[C@@H](C(O)OC(=O)OCC(C)c3cc(Br)ccc3[N+](=O)[O-])O2)c(=O)[nH]c1=O. The van der Waals surface area contributed by atoms with Gasteiger partial charge in [0.15, 0.2) is 0 Å². The van der Waals surface area contributed by atoms with Crippen molar-refractivity contribution in [2.24, 2.45) is 0 Å². The van der Waals surface area contributed by atoms with E-state index in [2.05, 4.69) is 20.9 Å². The standard InChI is InChI=1S/C20H22BrN3O10/c1-9-7-23(19(28)22-17(9)26)15-6-14(25)16(33-15)18(27)34-20(29)32-8-10(2)12-5-11(21)3-4-13(12)24(30)31/h3-5,7,10,14-16,18,25,27H,6,8H2,1-2H3,(H,22,26,28)/t10?,14-,15+,16-,18?/m0/s1. The first-order valence-corrected chi connectivity index (χ1v) is 10.9. The van der Waals surface area contributed by atoms with Gasteiger partial charge in [0.05, 0.1) is 11.0 Å². The molecule has 0 spiro atoms. The Kier molecular flexibility index (Phi) is 7.86. The van der Waals surface area contributed by atoms with E-state index >= 15 is 0 Å². The number of aliphatic hydroxyl groups excluding tert-OH is 2. The van der Waals surface area contributed by atoms with Gasteiger partial charge in [0.2, 0.25) is 6.29 Å². The molecule has 1 aliphatic rings. The van der Waals surface area contributed by atoms with Gasteiger partial charge in [-0.25, -0.2) is 9.59 Å². The zero-order valence-corrected chi connectivity index (χ0v) is 19.6. The van der Waals surface area contributed by atoms with E-state index in [4.69, 9.17) is 14.2 Å². The van der Waals surface area contributed by atoms with Crippen LogP contribution in [0.2, 0.25) is 0 Å². The Bertz CT molecular complexity index is 1200. The molecule has 0 bridgehead atoms. The normalized spacial score (nSPS) is 21.6. The van der Waals surface area contributed by atoms with Crippen LogP contribution in [-0.2, 0) is 14.2 Å². The van der Waals surface area contributed by atoms with Crippen LogP contribution >= 0.6 is 15.9 Å². The van der Waals surface area contributed by atoms with E-state index in [1.54, 1.807) is 6.92 Å². The van der Waals surface area contributed by atoms with Crippen molar-refractivity contribution in [3.63, 3.8) is 0 Å². The Labute approximate surface area is 200 Å². The number of nitro groups is 1. The van der Waals surface area contributed by atoms with Gasteiger partial charge >= 0.3 is 11.8 Å². The van der Waals surface area contributed by atoms with Gasteiger partial charge in [0.25, 0.3) is 11.2 Å². The van der Waals surface area contributed by atoms with E-state index < -0.39 is 53.0 Å². The predicted octanol–water partition coefficient (Wildman–Crippen LogP) is 1.44. The summed E-state index contributed by atoms with van der Waals surface area (Å²) in [5, 5.41) is 31.7. The summed E-state index contributed by atoms with van der Waals surface area (Å²) in [5.74, 6) is -0.573. The summed E-state index contributed by atoms with van der Waals surface area (Å²) in [6.07, 6.45) is -5.78. The fraction of sp³-hybridized carbons (Fsp3) is 0.450. The fourth-order valence-electron chi connectivity index (χ4n) is 3.47. The maximum Gasteiger partial charge on any atom is 0.510 e. The topological polar surface area (TPSA) is 183 Å². The molecule has 0 saturated carbocycles. The van der Waals surface area contributed by atoms with Gasteiger partial charge in [-0.15, -0.1) is 0 Å². The van der Waals surface area contributed by atoms with Crippen molar-refractivity contribution in [2.75, 3.05) is 6.61 Å². The summed E-state index contributed by atoms with van der Waals surface area (Å²) in [7, 11) is 0. The molecule has 1 fully saturated rings. The van der Waals surface area contributed by atoms with Crippen LogP contribution in [0.15, 0.2) is 38.5 Å². The number of carbonyl (C=O) groups excluding carboxylic acids is 1. The van der Waals surface area contributed by atoms with E-state index in [1.807, 2.05) is 0 Å². The van der Waals surface area contributed by atoms with Crippen molar-refractivity contribution in [1.82, 2.24) is 9.55 Å². The number of aryl methyl sites for hydroxylation is 1. The quantitative estimate of drug-likeness (QED) is 0.200. The Balaban J connectivity index is 1.59. The number of aromatic nitrogens is 2. The number of benzene rings is 1. The molecular weight excluding hydrogens is 522 g/mol. The van der Waals surface area contributed by atoms with Crippen molar-refractivity contribution < 1.29 is 34.1 Å². The zero-order chi connectivity index (χ0) is 25.2. The van der Waals surface area contributed by atoms with Crippen LogP contribution in [0.5, 0.6) is 0 Å². The number of aromatic amines is 1. The Morgan fingerprint density at radius 3 is 2.82 bits per heavy atom. The average molecular weight is 544 g/mol. The number of aliphatic hydroxyl groups is 2. The molecule has 34 heavy (non-hydrogen) atoms. The molecule has 3 N–H and O–H groups in total. The minimum Gasteiger partial charge on any atom is -0.434 e. The summed E-state index contributed by atoms with van der Waals surface area (Å²) in [5.41, 5.74) is -0.911. The van der Waals surface area contributed by atoms with E-state index in [0.29, 0.717) is 10.0 Å². The molecule has 14 heteroatoms. The van der Waals surface area contributed by atoms with Crippen LogP contribution < -0.4 is 11.2 Å². The summed E-state index contributed by atoms with van der Waals surface area (Å²) in [6.45, 7) is 2.80.